The zero-order valence-electron chi connectivity index (χ0n) is 11.2. The molecule has 0 fully saturated rings. The van der Waals surface area contributed by atoms with Crippen LogP contribution in [0.4, 0.5) is 0 Å². The van der Waals surface area contributed by atoms with Crippen LogP contribution in [-0.4, -0.2) is 0 Å². The van der Waals surface area contributed by atoms with E-state index in [2.05, 4.69) is 65.8 Å². The molecular weight excluding hydrogens is 175 g/mol. The van der Waals surface area contributed by atoms with Crippen LogP contribution in [0.1, 0.15) is 52.7 Å². The summed E-state index contributed by atoms with van der Waals surface area (Å²) in [5.74, 6) is 0. The first-order valence-corrected chi connectivity index (χ1v) is 5.24. The zero-order valence-corrected chi connectivity index (χ0v) is 11.2. The van der Waals surface area contributed by atoms with E-state index in [0.29, 0.717) is 0 Å². The van der Waals surface area contributed by atoms with Crippen molar-refractivity contribution in [1.29, 1.82) is 0 Å². The van der Waals surface area contributed by atoms with E-state index < -0.39 is 0 Å². The molecule has 0 aliphatic carbocycles. The molecule has 0 aliphatic rings. The molecule has 0 N–H and O–H groups in total. The maximum absolute atomic E-state index is 3.52. The molecule has 1 aromatic rings. The van der Waals surface area contributed by atoms with Gasteiger partial charge in [0.25, 0.3) is 0 Å². The third kappa shape index (κ3) is 4.05. The van der Waals surface area contributed by atoms with Gasteiger partial charge in [-0.15, -0.1) is 0 Å². The van der Waals surface area contributed by atoms with Crippen LogP contribution >= 0.6 is 0 Å². The minimum atomic E-state index is 0. The van der Waals surface area contributed by atoms with E-state index in [1.54, 1.807) is 0 Å². The van der Waals surface area contributed by atoms with E-state index in [-0.39, 0.29) is 29.7 Å². The minimum Gasteiger partial charge on any atom is -0.176 e. The largest absolute Gasteiger partial charge is 1.00 e. The van der Waals surface area contributed by atoms with E-state index in [4.69, 9.17) is 0 Å². The Bertz CT molecular complexity index is 284. The van der Waals surface area contributed by atoms with Gasteiger partial charge in [0, 0.05) is 0 Å². The molecule has 0 aliphatic heterocycles. The van der Waals surface area contributed by atoms with E-state index in [1.807, 2.05) is 0 Å². The summed E-state index contributed by atoms with van der Waals surface area (Å²) < 4.78 is 0. The van der Waals surface area contributed by atoms with Gasteiger partial charge in [-0.05, 0) is 10.8 Å². The molecule has 0 heterocycles. The van der Waals surface area contributed by atoms with Crippen molar-refractivity contribution in [1.82, 2.24) is 0 Å². The van der Waals surface area contributed by atoms with Crippen LogP contribution in [0.5, 0.6) is 0 Å². The molecule has 0 bridgehead atoms. The van der Waals surface area contributed by atoms with Gasteiger partial charge in [0.2, 0.25) is 0 Å². The van der Waals surface area contributed by atoms with Gasteiger partial charge in [-0.1, -0.05) is 41.5 Å². The number of hydrogen-bond acceptors (Lipinski definition) is 0. The third-order valence-electron chi connectivity index (χ3n) is 2.41. The maximum atomic E-state index is 3.52. The fourth-order valence-corrected chi connectivity index (χ4v) is 1.34. The summed E-state index contributed by atoms with van der Waals surface area (Å²) in [7, 11) is 0. The number of benzene rings is 1. The molecule has 0 spiro atoms. The Morgan fingerprint density at radius 2 is 1.13 bits per heavy atom. The fraction of sp³-hybridized carbons (Fsp3) is 0.571. The summed E-state index contributed by atoms with van der Waals surface area (Å²) >= 11 is 0. The van der Waals surface area contributed by atoms with Gasteiger partial charge in [-0.25, -0.2) is 0 Å². The van der Waals surface area contributed by atoms with Gasteiger partial charge in [-0.3, -0.25) is 0 Å². The Morgan fingerprint density at radius 3 is 1.40 bits per heavy atom. The summed E-state index contributed by atoms with van der Waals surface area (Å²) in [6.45, 7) is 13.4. The Balaban J connectivity index is 0.00000196. The molecule has 0 atom stereocenters. The second-order valence-electron chi connectivity index (χ2n) is 5.98. The van der Waals surface area contributed by atoms with Crippen LogP contribution in [-0.2, 0) is 10.8 Å². The van der Waals surface area contributed by atoms with Crippen LogP contribution < -0.4 is 18.9 Å². The second kappa shape index (κ2) is 4.77. The first-order chi connectivity index (χ1) is 6.21. The van der Waals surface area contributed by atoms with Crippen molar-refractivity contribution in [2.24, 2.45) is 0 Å². The van der Waals surface area contributed by atoms with Crippen molar-refractivity contribution in [2.75, 3.05) is 0 Å². The van der Waals surface area contributed by atoms with Gasteiger partial charge in [0.1, 0.15) is 0 Å². The summed E-state index contributed by atoms with van der Waals surface area (Å²) in [5, 5.41) is 0. The standard InChI is InChI=1S/C14H21.Li/c1-13(2,3)11-8-7-9-12(10-11)14(4,5)6;/h7-9H,1-6H3;/q-1;+1. The van der Waals surface area contributed by atoms with Crippen molar-refractivity contribution >= 4 is 0 Å². The molecular formula is C14H21Li. The van der Waals surface area contributed by atoms with E-state index in [1.165, 1.54) is 11.1 Å². The quantitative estimate of drug-likeness (QED) is 0.430. The topological polar surface area (TPSA) is 0 Å². The van der Waals surface area contributed by atoms with Gasteiger partial charge in [0.05, 0.1) is 0 Å². The van der Waals surface area contributed by atoms with Gasteiger partial charge >= 0.3 is 18.9 Å². The predicted molar refractivity (Wildman–Crippen MR) is 62.7 cm³/mol. The number of rotatable bonds is 0. The van der Waals surface area contributed by atoms with Crippen LogP contribution in [0.15, 0.2) is 18.2 Å². The van der Waals surface area contributed by atoms with Gasteiger partial charge in [-0.2, -0.15) is 35.4 Å². The normalized spacial score (nSPS) is 12.1. The fourth-order valence-electron chi connectivity index (χ4n) is 1.34. The molecule has 0 saturated heterocycles. The first kappa shape index (κ1) is 14.8. The van der Waals surface area contributed by atoms with Crippen LogP contribution in [0.3, 0.4) is 0 Å². The average Bonchev–Trinajstić information content (AvgIpc) is 2.01. The Hall–Kier alpha value is -0.183. The zero-order chi connectivity index (χ0) is 11.0. The van der Waals surface area contributed by atoms with E-state index >= 15 is 0 Å². The van der Waals surface area contributed by atoms with Crippen molar-refractivity contribution in [3.8, 4) is 0 Å². The van der Waals surface area contributed by atoms with Crippen molar-refractivity contribution in [3.05, 3.63) is 35.4 Å². The smallest absolute Gasteiger partial charge is 0.176 e. The Labute approximate surface area is 107 Å². The molecule has 0 radical (unpaired) electrons. The summed E-state index contributed by atoms with van der Waals surface area (Å²) in [6.07, 6.45) is 0. The Morgan fingerprint density at radius 1 is 0.800 bits per heavy atom. The minimum absolute atomic E-state index is 0. The van der Waals surface area contributed by atoms with Crippen molar-refractivity contribution in [2.45, 2.75) is 52.4 Å². The monoisotopic (exact) mass is 196 g/mol. The second-order valence-corrected chi connectivity index (χ2v) is 5.98. The molecule has 0 unspecified atom stereocenters. The molecule has 0 saturated carbocycles. The summed E-state index contributed by atoms with van der Waals surface area (Å²) in [6, 6.07) is 9.98. The van der Waals surface area contributed by atoms with Gasteiger partial charge in [0.15, 0.2) is 0 Å². The molecule has 0 amide bonds. The van der Waals surface area contributed by atoms with Crippen molar-refractivity contribution < 1.29 is 18.9 Å². The summed E-state index contributed by atoms with van der Waals surface area (Å²) in [5.41, 5.74) is 2.98. The summed E-state index contributed by atoms with van der Waals surface area (Å²) in [4.78, 5) is 0. The molecule has 0 aromatic heterocycles. The average molecular weight is 196 g/mol. The van der Waals surface area contributed by atoms with Crippen molar-refractivity contribution in [3.63, 3.8) is 0 Å². The molecule has 15 heavy (non-hydrogen) atoms. The molecule has 1 heteroatoms. The predicted octanol–water partition coefficient (Wildman–Crippen LogP) is 1.09. The molecule has 78 valence electrons. The SMILES string of the molecule is CC(C)(C)c1[c-]c(C(C)(C)C)ccc1.[Li+]. The molecule has 1 aromatic carbocycles. The third-order valence-corrected chi connectivity index (χ3v) is 2.41. The van der Waals surface area contributed by atoms with Crippen LogP contribution in [0.25, 0.3) is 0 Å². The number of hydrogen-bond donors (Lipinski definition) is 0. The van der Waals surface area contributed by atoms with Crippen LogP contribution in [0, 0.1) is 6.07 Å². The molecule has 1 rings (SSSR count). The van der Waals surface area contributed by atoms with Crippen LogP contribution in [0.2, 0.25) is 0 Å². The van der Waals surface area contributed by atoms with E-state index in [9.17, 15) is 0 Å². The first-order valence-electron chi connectivity index (χ1n) is 5.24. The van der Waals surface area contributed by atoms with E-state index in [0.717, 1.165) is 0 Å². The molecule has 0 nitrogen and oxygen atoms in total. The maximum Gasteiger partial charge on any atom is 1.00 e. The van der Waals surface area contributed by atoms with Gasteiger partial charge < -0.3 is 0 Å². The Kier molecular flexibility index (Phi) is 4.71.